The topological polar surface area (TPSA) is 26.3 Å². The summed E-state index contributed by atoms with van der Waals surface area (Å²) in [6.45, 7) is 5.90. The third-order valence-corrected chi connectivity index (χ3v) is 1.34. The number of allylic oxidation sites excluding steroid dienone is 1. The number of hydrogen-bond acceptors (Lipinski definition) is 2. The van der Waals surface area contributed by atoms with E-state index < -0.39 is 0 Å². The van der Waals surface area contributed by atoms with E-state index in [9.17, 15) is 4.79 Å². The number of carbonyl (C=O) groups excluding carboxylic acids is 1. The highest BCUT2D eigenvalue weighted by atomic mass is 16.5. The SMILES string of the molecule is C=CCCCCC(=O)OCC. The fraction of sp³-hybridized carbons (Fsp3) is 0.667. The maximum atomic E-state index is 10.8. The Labute approximate surface area is 68.2 Å². The van der Waals surface area contributed by atoms with Crippen molar-refractivity contribution in [3.8, 4) is 0 Å². The second-order valence-corrected chi connectivity index (χ2v) is 2.34. The van der Waals surface area contributed by atoms with Crippen LogP contribution in [0.5, 0.6) is 0 Å². The minimum absolute atomic E-state index is 0.0865. The zero-order valence-electron chi connectivity index (χ0n) is 7.14. The second kappa shape index (κ2) is 7.32. The first kappa shape index (κ1) is 10.2. The van der Waals surface area contributed by atoms with Gasteiger partial charge in [-0.3, -0.25) is 4.79 Å². The second-order valence-electron chi connectivity index (χ2n) is 2.34. The van der Waals surface area contributed by atoms with Crippen LogP contribution in [0.25, 0.3) is 0 Å². The summed E-state index contributed by atoms with van der Waals surface area (Å²) in [4.78, 5) is 10.8. The summed E-state index contributed by atoms with van der Waals surface area (Å²) >= 11 is 0. The van der Waals surface area contributed by atoms with E-state index in [1.165, 1.54) is 0 Å². The van der Waals surface area contributed by atoms with Crippen molar-refractivity contribution in [1.82, 2.24) is 0 Å². The first-order valence-electron chi connectivity index (χ1n) is 4.07. The Hall–Kier alpha value is -0.790. The lowest BCUT2D eigenvalue weighted by atomic mass is 10.2. The Bertz CT molecular complexity index is 119. The minimum atomic E-state index is -0.0865. The van der Waals surface area contributed by atoms with Crippen molar-refractivity contribution >= 4 is 5.97 Å². The Balaban J connectivity index is 3.10. The molecule has 0 rings (SSSR count). The van der Waals surface area contributed by atoms with Crippen molar-refractivity contribution in [2.45, 2.75) is 32.6 Å². The maximum absolute atomic E-state index is 10.8. The third kappa shape index (κ3) is 7.10. The van der Waals surface area contributed by atoms with E-state index in [1.807, 2.05) is 13.0 Å². The summed E-state index contributed by atoms with van der Waals surface area (Å²) in [6.07, 6.45) is 5.33. The molecule has 11 heavy (non-hydrogen) atoms. The average Bonchev–Trinajstić information content (AvgIpc) is 1.99. The summed E-state index contributed by atoms with van der Waals surface area (Å²) in [5.74, 6) is -0.0865. The van der Waals surface area contributed by atoms with Gasteiger partial charge in [0.15, 0.2) is 0 Å². The van der Waals surface area contributed by atoms with Gasteiger partial charge in [0.2, 0.25) is 0 Å². The monoisotopic (exact) mass is 156 g/mol. The minimum Gasteiger partial charge on any atom is -0.466 e. The molecule has 0 atom stereocenters. The number of ether oxygens (including phenoxy) is 1. The molecular weight excluding hydrogens is 140 g/mol. The van der Waals surface area contributed by atoms with Gasteiger partial charge in [-0.25, -0.2) is 0 Å². The molecular formula is C9H16O2. The van der Waals surface area contributed by atoms with E-state index in [-0.39, 0.29) is 5.97 Å². The molecule has 0 saturated heterocycles. The molecule has 0 saturated carbocycles. The predicted octanol–water partition coefficient (Wildman–Crippen LogP) is 2.30. The van der Waals surface area contributed by atoms with Crippen LogP contribution in [-0.4, -0.2) is 12.6 Å². The van der Waals surface area contributed by atoms with Crippen LogP contribution in [0.15, 0.2) is 12.7 Å². The van der Waals surface area contributed by atoms with E-state index in [4.69, 9.17) is 4.74 Å². The van der Waals surface area contributed by atoms with Crippen molar-refractivity contribution < 1.29 is 9.53 Å². The Morgan fingerprint density at radius 2 is 2.27 bits per heavy atom. The quantitative estimate of drug-likeness (QED) is 0.335. The summed E-state index contributed by atoms with van der Waals surface area (Å²) in [6, 6.07) is 0. The number of rotatable bonds is 6. The van der Waals surface area contributed by atoms with Crippen molar-refractivity contribution in [3.63, 3.8) is 0 Å². The molecule has 2 nitrogen and oxygen atoms in total. The normalized spacial score (nSPS) is 9.18. The smallest absolute Gasteiger partial charge is 0.305 e. The van der Waals surface area contributed by atoms with Crippen LogP contribution in [0.4, 0.5) is 0 Å². The van der Waals surface area contributed by atoms with Gasteiger partial charge >= 0.3 is 5.97 Å². The fourth-order valence-corrected chi connectivity index (χ4v) is 0.791. The van der Waals surface area contributed by atoms with E-state index in [1.54, 1.807) is 0 Å². The van der Waals surface area contributed by atoms with Gasteiger partial charge in [-0.05, 0) is 26.2 Å². The van der Waals surface area contributed by atoms with Gasteiger partial charge in [0.05, 0.1) is 6.61 Å². The van der Waals surface area contributed by atoms with Gasteiger partial charge in [-0.2, -0.15) is 0 Å². The van der Waals surface area contributed by atoms with Gasteiger partial charge in [0.1, 0.15) is 0 Å². The molecule has 0 aromatic rings. The Morgan fingerprint density at radius 3 is 2.82 bits per heavy atom. The molecule has 0 aliphatic heterocycles. The molecule has 0 amide bonds. The van der Waals surface area contributed by atoms with Crippen LogP contribution in [0.2, 0.25) is 0 Å². The van der Waals surface area contributed by atoms with E-state index in [2.05, 4.69) is 6.58 Å². The van der Waals surface area contributed by atoms with Gasteiger partial charge in [0, 0.05) is 6.42 Å². The highest BCUT2D eigenvalue weighted by Gasteiger charge is 1.98. The molecule has 2 heteroatoms. The Kier molecular flexibility index (Phi) is 6.79. The van der Waals surface area contributed by atoms with Crippen LogP contribution in [0.3, 0.4) is 0 Å². The molecule has 0 unspecified atom stereocenters. The van der Waals surface area contributed by atoms with E-state index >= 15 is 0 Å². The van der Waals surface area contributed by atoms with Gasteiger partial charge in [0.25, 0.3) is 0 Å². The number of hydrogen-bond donors (Lipinski definition) is 0. The van der Waals surface area contributed by atoms with Crippen LogP contribution in [-0.2, 0) is 9.53 Å². The molecule has 0 radical (unpaired) electrons. The summed E-state index contributed by atoms with van der Waals surface area (Å²) in [5.41, 5.74) is 0. The molecule has 0 fully saturated rings. The highest BCUT2D eigenvalue weighted by Crippen LogP contribution is 2.01. The summed E-state index contributed by atoms with van der Waals surface area (Å²) < 4.78 is 4.76. The average molecular weight is 156 g/mol. The number of carbonyl (C=O) groups is 1. The molecule has 0 spiro atoms. The van der Waals surface area contributed by atoms with Crippen molar-refractivity contribution in [1.29, 1.82) is 0 Å². The molecule has 64 valence electrons. The first-order chi connectivity index (χ1) is 5.31. The highest BCUT2D eigenvalue weighted by molar-refractivity contribution is 5.69. The van der Waals surface area contributed by atoms with Crippen LogP contribution >= 0.6 is 0 Å². The zero-order valence-corrected chi connectivity index (χ0v) is 7.14. The lowest BCUT2D eigenvalue weighted by Crippen LogP contribution is -2.02. The molecule has 0 N–H and O–H groups in total. The molecule has 0 heterocycles. The molecule has 0 aliphatic rings. The summed E-state index contributed by atoms with van der Waals surface area (Å²) in [5, 5.41) is 0. The summed E-state index contributed by atoms with van der Waals surface area (Å²) in [7, 11) is 0. The van der Waals surface area contributed by atoms with Gasteiger partial charge in [-0.15, -0.1) is 6.58 Å². The number of unbranched alkanes of at least 4 members (excludes halogenated alkanes) is 2. The molecule has 0 bridgehead atoms. The van der Waals surface area contributed by atoms with Crippen LogP contribution in [0, 0.1) is 0 Å². The largest absolute Gasteiger partial charge is 0.466 e. The predicted molar refractivity (Wildman–Crippen MR) is 45.3 cm³/mol. The van der Waals surface area contributed by atoms with Crippen molar-refractivity contribution in [2.24, 2.45) is 0 Å². The third-order valence-electron chi connectivity index (χ3n) is 1.34. The van der Waals surface area contributed by atoms with Crippen molar-refractivity contribution in [3.05, 3.63) is 12.7 Å². The maximum Gasteiger partial charge on any atom is 0.305 e. The van der Waals surface area contributed by atoms with Gasteiger partial charge in [-0.1, -0.05) is 6.08 Å². The first-order valence-corrected chi connectivity index (χ1v) is 4.07. The lowest BCUT2D eigenvalue weighted by molar-refractivity contribution is -0.143. The molecule has 0 aromatic heterocycles. The van der Waals surface area contributed by atoms with Gasteiger partial charge < -0.3 is 4.74 Å². The van der Waals surface area contributed by atoms with Crippen LogP contribution in [0.1, 0.15) is 32.6 Å². The lowest BCUT2D eigenvalue weighted by Gasteiger charge is -1.99. The van der Waals surface area contributed by atoms with Crippen molar-refractivity contribution in [2.75, 3.05) is 6.61 Å². The standard InChI is InChI=1S/C9H16O2/c1-3-5-6-7-8-9(10)11-4-2/h3H,1,4-8H2,2H3. The zero-order chi connectivity index (χ0) is 8.53. The fourth-order valence-electron chi connectivity index (χ4n) is 0.791. The molecule has 0 aliphatic carbocycles. The Morgan fingerprint density at radius 1 is 1.55 bits per heavy atom. The van der Waals surface area contributed by atoms with Crippen LogP contribution < -0.4 is 0 Å². The van der Waals surface area contributed by atoms with E-state index in [0.717, 1.165) is 19.3 Å². The van der Waals surface area contributed by atoms with E-state index in [0.29, 0.717) is 13.0 Å². The number of esters is 1. The molecule has 0 aromatic carbocycles.